The Morgan fingerprint density at radius 3 is 2.17 bits per heavy atom. The van der Waals surface area contributed by atoms with Crippen molar-refractivity contribution >= 4 is 17.6 Å². The Kier molecular flexibility index (Phi) is 7.82. The van der Waals surface area contributed by atoms with Crippen LogP contribution in [0.3, 0.4) is 0 Å². The topological polar surface area (TPSA) is 60.9 Å². The van der Waals surface area contributed by atoms with Gasteiger partial charge < -0.3 is 14.9 Å². The standard InChI is InChI=1S/C24H30N2O3/c27-23(12-7-13-24(28)29)26(21-10-5-2-6-11-21)22-15-18-25(19-16-22)17-14-20-8-3-1-4-9-20/h1-6,8-11,22H,7,12-19H2,(H,28,29). The number of amides is 1. The van der Waals surface area contributed by atoms with Crippen LogP contribution in [0.25, 0.3) is 0 Å². The molecule has 29 heavy (non-hydrogen) atoms. The summed E-state index contributed by atoms with van der Waals surface area (Å²) < 4.78 is 0. The molecule has 2 aromatic carbocycles. The van der Waals surface area contributed by atoms with Crippen LogP contribution in [0, 0.1) is 0 Å². The van der Waals surface area contributed by atoms with Crippen LogP contribution in [0.4, 0.5) is 5.69 Å². The van der Waals surface area contributed by atoms with Gasteiger partial charge in [-0.1, -0.05) is 48.5 Å². The Balaban J connectivity index is 1.57. The molecule has 0 atom stereocenters. The summed E-state index contributed by atoms with van der Waals surface area (Å²) in [4.78, 5) is 28.1. The molecule has 0 bridgehead atoms. The van der Waals surface area contributed by atoms with Gasteiger partial charge in [0, 0.05) is 44.2 Å². The van der Waals surface area contributed by atoms with Crippen LogP contribution in [0.15, 0.2) is 60.7 Å². The first-order valence-electron chi connectivity index (χ1n) is 10.5. The first-order chi connectivity index (χ1) is 14.1. The van der Waals surface area contributed by atoms with Gasteiger partial charge in [-0.2, -0.15) is 0 Å². The molecule has 3 rings (SSSR count). The highest BCUT2D eigenvalue weighted by atomic mass is 16.4. The van der Waals surface area contributed by atoms with Crippen LogP contribution >= 0.6 is 0 Å². The number of aliphatic carboxylic acids is 1. The molecule has 0 aromatic heterocycles. The second kappa shape index (κ2) is 10.8. The van der Waals surface area contributed by atoms with E-state index in [-0.39, 0.29) is 24.8 Å². The third kappa shape index (κ3) is 6.43. The van der Waals surface area contributed by atoms with Gasteiger partial charge in [-0.25, -0.2) is 0 Å². The lowest BCUT2D eigenvalue weighted by atomic mass is 10.0. The summed E-state index contributed by atoms with van der Waals surface area (Å²) in [5.74, 6) is -0.823. The molecule has 1 heterocycles. The van der Waals surface area contributed by atoms with E-state index in [1.807, 2.05) is 41.3 Å². The molecule has 1 saturated heterocycles. The number of carboxylic acid groups (broad SMARTS) is 1. The van der Waals surface area contributed by atoms with Crippen molar-refractivity contribution in [3.05, 3.63) is 66.2 Å². The van der Waals surface area contributed by atoms with E-state index < -0.39 is 5.97 Å². The summed E-state index contributed by atoms with van der Waals surface area (Å²) in [6, 6.07) is 20.5. The Morgan fingerprint density at radius 1 is 0.931 bits per heavy atom. The third-order valence-corrected chi connectivity index (χ3v) is 5.57. The van der Waals surface area contributed by atoms with Crippen LogP contribution < -0.4 is 4.90 Å². The molecule has 5 nitrogen and oxygen atoms in total. The van der Waals surface area contributed by atoms with Gasteiger partial charge >= 0.3 is 5.97 Å². The second-order valence-corrected chi connectivity index (χ2v) is 7.65. The number of para-hydroxylation sites is 1. The van der Waals surface area contributed by atoms with E-state index in [9.17, 15) is 9.59 Å². The highest BCUT2D eigenvalue weighted by molar-refractivity contribution is 5.94. The maximum absolute atomic E-state index is 12.9. The maximum Gasteiger partial charge on any atom is 0.303 e. The molecular weight excluding hydrogens is 364 g/mol. The van der Waals surface area contributed by atoms with Crippen LogP contribution in [0.5, 0.6) is 0 Å². The fraction of sp³-hybridized carbons (Fsp3) is 0.417. The predicted molar refractivity (Wildman–Crippen MR) is 115 cm³/mol. The Labute approximate surface area is 172 Å². The molecule has 1 aliphatic heterocycles. The summed E-state index contributed by atoms with van der Waals surface area (Å²) in [5.41, 5.74) is 2.27. The number of likely N-dealkylation sites (tertiary alicyclic amines) is 1. The van der Waals surface area contributed by atoms with E-state index in [4.69, 9.17) is 5.11 Å². The molecule has 1 N–H and O–H groups in total. The minimum absolute atomic E-state index is 0.0279. The molecule has 1 amide bonds. The van der Waals surface area contributed by atoms with E-state index in [0.29, 0.717) is 6.42 Å². The molecule has 1 fully saturated rings. The van der Waals surface area contributed by atoms with Gasteiger partial charge in [0.2, 0.25) is 5.91 Å². The number of carbonyl (C=O) groups is 2. The number of anilines is 1. The Morgan fingerprint density at radius 2 is 1.55 bits per heavy atom. The van der Waals surface area contributed by atoms with Gasteiger partial charge in [-0.05, 0) is 43.4 Å². The molecule has 2 aromatic rings. The third-order valence-electron chi connectivity index (χ3n) is 5.57. The van der Waals surface area contributed by atoms with Crippen molar-refractivity contribution in [1.82, 2.24) is 4.90 Å². The van der Waals surface area contributed by atoms with E-state index in [0.717, 1.165) is 44.6 Å². The summed E-state index contributed by atoms with van der Waals surface area (Å²) in [6.45, 7) is 2.99. The molecule has 5 heteroatoms. The number of rotatable bonds is 9. The van der Waals surface area contributed by atoms with E-state index >= 15 is 0 Å². The minimum Gasteiger partial charge on any atom is -0.481 e. The van der Waals surface area contributed by atoms with Crippen LogP contribution in [0.1, 0.15) is 37.7 Å². The number of carboxylic acids is 1. The smallest absolute Gasteiger partial charge is 0.303 e. The minimum atomic E-state index is -0.851. The summed E-state index contributed by atoms with van der Waals surface area (Å²) in [7, 11) is 0. The fourth-order valence-corrected chi connectivity index (χ4v) is 3.99. The van der Waals surface area contributed by atoms with Crippen molar-refractivity contribution in [3.8, 4) is 0 Å². The van der Waals surface area contributed by atoms with Crippen molar-refractivity contribution < 1.29 is 14.7 Å². The highest BCUT2D eigenvalue weighted by Crippen LogP contribution is 2.25. The monoisotopic (exact) mass is 394 g/mol. The van der Waals surface area contributed by atoms with Gasteiger partial charge in [0.1, 0.15) is 0 Å². The molecule has 0 radical (unpaired) electrons. The van der Waals surface area contributed by atoms with Crippen molar-refractivity contribution in [1.29, 1.82) is 0 Å². The van der Waals surface area contributed by atoms with Gasteiger partial charge in [0.05, 0.1) is 0 Å². The average Bonchev–Trinajstić information content (AvgIpc) is 2.75. The number of nitrogens with zero attached hydrogens (tertiary/aromatic N) is 2. The molecular formula is C24H30N2O3. The van der Waals surface area contributed by atoms with Gasteiger partial charge in [0.25, 0.3) is 0 Å². The van der Waals surface area contributed by atoms with Gasteiger partial charge in [0.15, 0.2) is 0 Å². The molecule has 154 valence electrons. The predicted octanol–water partition coefficient (Wildman–Crippen LogP) is 3.98. The lowest BCUT2D eigenvalue weighted by Crippen LogP contribution is -2.48. The van der Waals surface area contributed by atoms with Crippen LogP contribution in [0.2, 0.25) is 0 Å². The second-order valence-electron chi connectivity index (χ2n) is 7.65. The number of hydrogen-bond acceptors (Lipinski definition) is 3. The van der Waals surface area contributed by atoms with Crippen LogP contribution in [-0.4, -0.2) is 47.6 Å². The van der Waals surface area contributed by atoms with Crippen molar-refractivity contribution in [2.75, 3.05) is 24.5 Å². The lowest BCUT2D eigenvalue weighted by molar-refractivity contribution is -0.137. The van der Waals surface area contributed by atoms with Crippen molar-refractivity contribution in [2.24, 2.45) is 0 Å². The molecule has 0 aliphatic carbocycles. The summed E-state index contributed by atoms with van der Waals surface area (Å²) in [6.07, 6.45) is 3.61. The number of benzene rings is 2. The number of piperidine rings is 1. The quantitative estimate of drug-likeness (QED) is 0.699. The average molecular weight is 395 g/mol. The Hall–Kier alpha value is -2.66. The van der Waals surface area contributed by atoms with Gasteiger partial charge in [-0.15, -0.1) is 0 Å². The van der Waals surface area contributed by atoms with E-state index in [1.54, 1.807) is 0 Å². The van der Waals surface area contributed by atoms with Crippen molar-refractivity contribution in [3.63, 3.8) is 0 Å². The number of carbonyl (C=O) groups excluding carboxylic acids is 1. The van der Waals surface area contributed by atoms with Crippen molar-refractivity contribution in [2.45, 2.75) is 44.6 Å². The molecule has 0 unspecified atom stereocenters. The van der Waals surface area contributed by atoms with E-state index in [1.165, 1.54) is 5.56 Å². The maximum atomic E-state index is 12.9. The molecule has 1 aliphatic rings. The largest absolute Gasteiger partial charge is 0.481 e. The SMILES string of the molecule is O=C(O)CCCC(=O)N(c1ccccc1)C1CCN(CCc2ccccc2)CC1. The molecule has 0 spiro atoms. The Bertz CT molecular complexity index is 771. The molecule has 0 saturated carbocycles. The number of hydrogen-bond donors (Lipinski definition) is 1. The first-order valence-corrected chi connectivity index (χ1v) is 10.5. The van der Waals surface area contributed by atoms with E-state index in [2.05, 4.69) is 29.2 Å². The zero-order valence-corrected chi connectivity index (χ0v) is 16.9. The van der Waals surface area contributed by atoms with Crippen LogP contribution in [-0.2, 0) is 16.0 Å². The normalized spacial score (nSPS) is 15.2. The highest BCUT2D eigenvalue weighted by Gasteiger charge is 2.28. The first kappa shape index (κ1) is 21.1. The van der Waals surface area contributed by atoms with Gasteiger partial charge in [-0.3, -0.25) is 9.59 Å². The zero-order valence-electron chi connectivity index (χ0n) is 16.9. The lowest BCUT2D eigenvalue weighted by Gasteiger charge is -2.38. The summed E-state index contributed by atoms with van der Waals surface area (Å²) in [5, 5.41) is 8.86. The fourth-order valence-electron chi connectivity index (χ4n) is 3.99. The zero-order chi connectivity index (χ0) is 20.5. The summed E-state index contributed by atoms with van der Waals surface area (Å²) >= 11 is 0.